The molecule has 1 saturated heterocycles. The van der Waals surface area contributed by atoms with Crippen molar-refractivity contribution in [2.24, 2.45) is 11.8 Å². The van der Waals surface area contributed by atoms with E-state index >= 15 is 0 Å². The van der Waals surface area contributed by atoms with Crippen LogP contribution in [0.15, 0.2) is 0 Å². The number of carbonyl (C=O) groups excluding carboxylic acids is 1. The molecular formula is C14H27ClN2O. The van der Waals surface area contributed by atoms with E-state index in [-0.39, 0.29) is 24.4 Å². The minimum atomic E-state index is 0. The van der Waals surface area contributed by atoms with Crippen LogP contribution in [0, 0.1) is 11.8 Å². The maximum atomic E-state index is 12.0. The monoisotopic (exact) mass is 274 g/mol. The lowest BCUT2D eigenvalue weighted by Gasteiger charge is -2.24. The Morgan fingerprint density at radius 2 is 2.06 bits per heavy atom. The average molecular weight is 275 g/mol. The van der Waals surface area contributed by atoms with E-state index in [2.05, 4.69) is 24.5 Å². The largest absolute Gasteiger partial charge is 0.355 e. The van der Waals surface area contributed by atoms with Gasteiger partial charge in [-0.3, -0.25) is 4.79 Å². The van der Waals surface area contributed by atoms with Crippen LogP contribution in [0.2, 0.25) is 0 Å². The third kappa shape index (κ3) is 4.13. The second kappa shape index (κ2) is 7.34. The highest BCUT2D eigenvalue weighted by atomic mass is 35.5. The molecule has 3 unspecified atom stereocenters. The van der Waals surface area contributed by atoms with E-state index in [4.69, 9.17) is 0 Å². The maximum absolute atomic E-state index is 12.0. The van der Waals surface area contributed by atoms with Crippen molar-refractivity contribution < 1.29 is 4.79 Å². The molecule has 3 nitrogen and oxygen atoms in total. The van der Waals surface area contributed by atoms with Crippen LogP contribution in [0.25, 0.3) is 0 Å². The summed E-state index contributed by atoms with van der Waals surface area (Å²) in [6, 6.07) is 0.694. The molecule has 1 saturated carbocycles. The molecule has 1 aliphatic heterocycles. The first-order valence-electron chi connectivity index (χ1n) is 7.20. The minimum Gasteiger partial charge on any atom is -0.355 e. The maximum Gasteiger partial charge on any atom is 0.237 e. The lowest BCUT2D eigenvalue weighted by Crippen LogP contribution is -2.43. The van der Waals surface area contributed by atoms with Gasteiger partial charge in [0.05, 0.1) is 6.04 Å². The normalized spacial score (nSPS) is 30.7. The number of halogens is 1. The fraction of sp³-hybridized carbons (Fsp3) is 0.929. The summed E-state index contributed by atoms with van der Waals surface area (Å²) in [4.78, 5) is 12.0. The van der Waals surface area contributed by atoms with Crippen LogP contribution >= 0.6 is 12.4 Å². The van der Waals surface area contributed by atoms with Crippen LogP contribution in [0.1, 0.15) is 52.4 Å². The Kier molecular flexibility index (Phi) is 6.44. The van der Waals surface area contributed by atoms with E-state index in [1.807, 2.05) is 0 Å². The van der Waals surface area contributed by atoms with Crippen molar-refractivity contribution in [3.63, 3.8) is 0 Å². The summed E-state index contributed by atoms with van der Waals surface area (Å²) in [6.45, 7) is 5.20. The van der Waals surface area contributed by atoms with Crippen molar-refractivity contribution in [3.05, 3.63) is 0 Å². The molecule has 2 aliphatic rings. The minimum absolute atomic E-state index is 0. The molecule has 106 valence electrons. The quantitative estimate of drug-likeness (QED) is 0.827. The molecule has 1 heterocycles. The van der Waals surface area contributed by atoms with Gasteiger partial charge in [-0.15, -0.1) is 12.4 Å². The first-order valence-corrected chi connectivity index (χ1v) is 7.20. The Hall–Kier alpha value is -0.280. The van der Waals surface area contributed by atoms with Crippen LogP contribution in [0.3, 0.4) is 0 Å². The van der Waals surface area contributed by atoms with E-state index in [0.717, 1.165) is 25.3 Å². The van der Waals surface area contributed by atoms with Crippen LogP contribution in [-0.2, 0) is 4.79 Å². The summed E-state index contributed by atoms with van der Waals surface area (Å²) >= 11 is 0. The second-order valence-electron chi connectivity index (χ2n) is 6.08. The molecule has 2 fully saturated rings. The summed E-state index contributed by atoms with van der Waals surface area (Å²) in [5.74, 6) is 1.64. The van der Waals surface area contributed by atoms with E-state index < -0.39 is 0 Å². The summed E-state index contributed by atoms with van der Waals surface area (Å²) in [5.41, 5.74) is 0. The molecule has 2 N–H and O–H groups in total. The van der Waals surface area contributed by atoms with Crippen LogP contribution in [0.5, 0.6) is 0 Å². The van der Waals surface area contributed by atoms with Crippen molar-refractivity contribution in [2.45, 2.75) is 64.5 Å². The predicted molar refractivity (Wildman–Crippen MR) is 77.0 cm³/mol. The fourth-order valence-corrected chi connectivity index (χ4v) is 3.13. The van der Waals surface area contributed by atoms with Gasteiger partial charge in [-0.1, -0.05) is 26.7 Å². The third-order valence-electron chi connectivity index (χ3n) is 4.20. The Bertz CT molecular complexity index is 257. The molecule has 18 heavy (non-hydrogen) atoms. The highest BCUT2D eigenvalue weighted by molar-refractivity contribution is 5.85. The summed E-state index contributed by atoms with van der Waals surface area (Å²) in [6.07, 6.45) is 7.39. The zero-order valence-corrected chi connectivity index (χ0v) is 12.4. The number of rotatable bonds is 4. The van der Waals surface area contributed by atoms with Gasteiger partial charge < -0.3 is 10.6 Å². The number of hydrogen-bond acceptors (Lipinski definition) is 2. The van der Waals surface area contributed by atoms with Gasteiger partial charge in [0.15, 0.2) is 0 Å². The first-order chi connectivity index (χ1) is 8.16. The second-order valence-corrected chi connectivity index (χ2v) is 6.08. The molecule has 0 spiro atoms. The van der Waals surface area contributed by atoms with Gasteiger partial charge in [0.25, 0.3) is 0 Å². The van der Waals surface area contributed by atoms with Gasteiger partial charge in [0.2, 0.25) is 5.91 Å². The Balaban J connectivity index is 0.00000162. The zero-order valence-electron chi connectivity index (χ0n) is 11.6. The smallest absolute Gasteiger partial charge is 0.237 e. The van der Waals surface area contributed by atoms with Gasteiger partial charge in [0, 0.05) is 12.6 Å². The van der Waals surface area contributed by atoms with E-state index in [0.29, 0.717) is 12.0 Å². The number of amides is 1. The predicted octanol–water partition coefficient (Wildman–Crippen LogP) is 2.49. The van der Waals surface area contributed by atoms with Crippen LogP contribution in [-0.4, -0.2) is 24.5 Å². The van der Waals surface area contributed by atoms with Gasteiger partial charge in [-0.05, 0) is 37.5 Å². The highest BCUT2D eigenvalue weighted by Crippen LogP contribution is 2.33. The van der Waals surface area contributed by atoms with Crippen molar-refractivity contribution in [2.75, 3.05) is 6.54 Å². The fourth-order valence-electron chi connectivity index (χ4n) is 3.13. The number of fused-ring (bicyclic) bond motifs is 1. The molecule has 0 aromatic rings. The van der Waals surface area contributed by atoms with Gasteiger partial charge in [-0.2, -0.15) is 0 Å². The Morgan fingerprint density at radius 1 is 1.33 bits per heavy atom. The van der Waals surface area contributed by atoms with Crippen molar-refractivity contribution in [3.8, 4) is 0 Å². The van der Waals surface area contributed by atoms with E-state index in [1.165, 1.54) is 25.7 Å². The highest BCUT2D eigenvalue weighted by Gasteiger charge is 2.37. The number of hydrogen-bond donors (Lipinski definition) is 2. The van der Waals surface area contributed by atoms with Gasteiger partial charge in [-0.25, -0.2) is 0 Å². The summed E-state index contributed by atoms with van der Waals surface area (Å²) < 4.78 is 0. The third-order valence-corrected chi connectivity index (χ3v) is 4.20. The molecule has 1 aliphatic carbocycles. The average Bonchev–Trinajstić information content (AvgIpc) is 2.71. The van der Waals surface area contributed by atoms with Crippen LogP contribution in [0.4, 0.5) is 0 Å². The van der Waals surface area contributed by atoms with Gasteiger partial charge in [0.1, 0.15) is 0 Å². The zero-order chi connectivity index (χ0) is 12.3. The molecule has 4 heteroatoms. The molecule has 1 amide bonds. The van der Waals surface area contributed by atoms with Crippen molar-refractivity contribution in [1.29, 1.82) is 0 Å². The van der Waals surface area contributed by atoms with E-state index in [1.54, 1.807) is 0 Å². The summed E-state index contributed by atoms with van der Waals surface area (Å²) in [5, 5.41) is 6.58. The van der Waals surface area contributed by atoms with Gasteiger partial charge >= 0.3 is 0 Å². The standard InChI is InChI=1S/C14H26N2O.ClH/c1-10(2)7-8-15-14(17)13-9-11-5-3-4-6-12(11)16-13;/h10-13,16H,3-9H2,1-2H3,(H,15,17);1H. The number of nitrogens with one attached hydrogen (secondary N) is 2. The van der Waals surface area contributed by atoms with Crippen molar-refractivity contribution in [1.82, 2.24) is 10.6 Å². The van der Waals surface area contributed by atoms with E-state index in [9.17, 15) is 4.79 Å². The topological polar surface area (TPSA) is 41.1 Å². The van der Waals surface area contributed by atoms with Crippen molar-refractivity contribution >= 4 is 18.3 Å². The molecule has 0 aromatic carbocycles. The molecular weight excluding hydrogens is 248 g/mol. The molecule has 0 aromatic heterocycles. The lowest BCUT2D eigenvalue weighted by atomic mass is 9.85. The van der Waals surface area contributed by atoms with Crippen LogP contribution < -0.4 is 10.6 Å². The molecule has 0 bridgehead atoms. The first kappa shape index (κ1) is 15.8. The number of carbonyl (C=O) groups is 1. The molecule has 2 rings (SSSR count). The molecule has 3 atom stereocenters. The lowest BCUT2D eigenvalue weighted by molar-refractivity contribution is -0.122. The molecule has 0 radical (unpaired) electrons. The Morgan fingerprint density at radius 3 is 2.72 bits per heavy atom. The summed E-state index contributed by atoms with van der Waals surface area (Å²) in [7, 11) is 0. The Labute approximate surface area is 117 Å². The SMILES string of the molecule is CC(C)CCNC(=O)C1CC2CCCCC2N1.Cl.